The first-order valence-corrected chi connectivity index (χ1v) is 10.2. The number of allylic oxidation sites excluding steroid dienone is 10. The lowest BCUT2D eigenvalue weighted by molar-refractivity contribution is -0.137. The number of unbranched alkanes of at least 4 members (excludes halogenated alkanes) is 5. The average Bonchev–Trinajstić information content (AvgIpc) is 2.62. The van der Waals surface area contributed by atoms with Crippen LogP contribution in [0, 0.1) is 0 Å². The van der Waals surface area contributed by atoms with E-state index in [1.54, 1.807) is 0 Å². The summed E-state index contributed by atoms with van der Waals surface area (Å²) in [6.45, 7) is 2.15. The van der Waals surface area contributed by atoms with Gasteiger partial charge in [-0.15, -0.1) is 0 Å². The minimum atomic E-state index is -0.677. The van der Waals surface area contributed by atoms with Gasteiger partial charge in [-0.3, -0.25) is 4.79 Å². The maximum Gasteiger partial charge on any atom is 0.303 e. The third-order valence-corrected chi connectivity index (χ3v) is 3.92. The Morgan fingerprint density at radius 2 is 1.04 bits per heavy atom. The van der Waals surface area contributed by atoms with Crippen LogP contribution in [0.5, 0.6) is 0 Å². The summed E-state index contributed by atoms with van der Waals surface area (Å²) in [5.74, 6) is -0.677. The van der Waals surface area contributed by atoms with Gasteiger partial charge in [0, 0.05) is 6.42 Å². The number of hydrogen-bond donors (Lipinski definition) is 1. The standard InChI is InChI=1S/C24H38O2/c1-2-3-4-5-6-7-8-9-10-11-12-13-14-15-16-17-18-19-20-21-22-23-24(25)26/h3-4,6-7,9-10,12-13,15-16H,2,5,8,11,14,17-23H2,1H3,(H,25,26)/b4-3?,7-6?,10-9?,13-12?,16-15-. The Bertz CT molecular complexity index is 453. The van der Waals surface area contributed by atoms with Gasteiger partial charge in [0.15, 0.2) is 0 Å². The van der Waals surface area contributed by atoms with Crippen molar-refractivity contribution in [3.8, 4) is 0 Å². The van der Waals surface area contributed by atoms with Crippen molar-refractivity contribution in [2.45, 2.75) is 84.0 Å². The molecule has 0 aliphatic carbocycles. The topological polar surface area (TPSA) is 37.3 Å². The molecule has 146 valence electrons. The molecule has 0 aromatic carbocycles. The zero-order valence-electron chi connectivity index (χ0n) is 16.6. The van der Waals surface area contributed by atoms with E-state index in [4.69, 9.17) is 5.11 Å². The highest BCUT2D eigenvalue weighted by molar-refractivity contribution is 5.66. The van der Waals surface area contributed by atoms with E-state index in [0.717, 1.165) is 57.8 Å². The fraction of sp³-hybridized carbons (Fsp3) is 0.542. The van der Waals surface area contributed by atoms with E-state index < -0.39 is 5.97 Å². The van der Waals surface area contributed by atoms with Gasteiger partial charge in [-0.2, -0.15) is 0 Å². The summed E-state index contributed by atoms with van der Waals surface area (Å²) < 4.78 is 0. The molecule has 0 saturated carbocycles. The van der Waals surface area contributed by atoms with Gasteiger partial charge in [0.25, 0.3) is 0 Å². The van der Waals surface area contributed by atoms with Gasteiger partial charge in [0.05, 0.1) is 0 Å². The molecular formula is C24H38O2. The molecule has 0 heterocycles. The van der Waals surface area contributed by atoms with Crippen LogP contribution in [0.15, 0.2) is 60.8 Å². The van der Waals surface area contributed by atoms with E-state index in [1.807, 2.05) is 0 Å². The molecule has 0 aromatic rings. The molecule has 2 nitrogen and oxygen atoms in total. The van der Waals surface area contributed by atoms with Crippen LogP contribution in [0.25, 0.3) is 0 Å². The monoisotopic (exact) mass is 358 g/mol. The smallest absolute Gasteiger partial charge is 0.303 e. The molecule has 0 atom stereocenters. The fourth-order valence-corrected chi connectivity index (χ4v) is 2.44. The predicted molar refractivity (Wildman–Crippen MR) is 114 cm³/mol. The highest BCUT2D eigenvalue weighted by Gasteiger charge is 1.95. The Kier molecular flexibility index (Phi) is 19.7. The molecular weight excluding hydrogens is 320 g/mol. The third-order valence-electron chi connectivity index (χ3n) is 3.92. The lowest BCUT2D eigenvalue weighted by atomic mass is 10.1. The van der Waals surface area contributed by atoms with Crippen molar-refractivity contribution in [1.82, 2.24) is 0 Å². The Morgan fingerprint density at radius 3 is 1.54 bits per heavy atom. The zero-order valence-corrected chi connectivity index (χ0v) is 16.6. The second-order valence-electron chi connectivity index (χ2n) is 6.41. The molecule has 1 N–H and O–H groups in total. The van der Waals surface area contributed by atoms with Gasteiger partial charge in [0.2, 0.25) is 0 Å². The van der Waals surface area contributed by atoms with Crippen LogP contribution in [-0.4, -0.2) is 11.1 Å². The molecule has 0 aliphatic rings. The van der Waals surface area contributed by atoms with Crippen LogP contribution in [-0.2, 0) is 4.79 Å². The third kappa shape index (κ3) is 22.2. The molecule has 0 spiro atoms. The summed E-state index contributed by atoms with van der Waals surface area (Å²) in [5, 5.41) is 8.55. The molecule has 26 heavy (non-hydrogen) atoms. The molecule has 0 saturated heterocycles. The summed E-state index contributed by atoms with van der Waals surface area (Å²) in [5.41, 5.74) is 0. The first-order chi connectivity index (χ1) is 12.8. The van der Waals surface area contributed by atoms with Gasteiger partial charge >= 0.3 is 5.97 Å². The molecule has 0 amide bonds. The van der Waals surface area contributed by atoms with Gasteiger partial charge in [-0.25, -0.2) is 0 Å². The molecule has 0 aliphatic heterocycles. The summed E-state index contributed by atoms with van der Waals surface area (Å²) >= 11 is 0. The van der Waals surface area contributed by atoms with Crippen LogP contribution in [0.4, 0.5) is 0 Å². The van der Waals surface area contributed by atoms with Crippen molar-refractivity contribution in [3.63, 3.8) is 0 Å². The molecule has 0 unspecified atom stereocenters. The van der Waals surface area contributed by atoms with Gasteiger partial charge in [0.1, 0.15) is 0 Å². The van der Waals surface area contributed by atoms with Crippen LogP contribution in [0.1, 0.15) is 84.0 Å². The van der Waals surface area contributed by atoms with Gasteiger partial charge in [-0.1, -0.05) is 86.9 Å². The number of carbonyl (C=O) groups is 1. The second kappa shape index (κ2) is 21.2. The highest BCUT2D eigenvalue weighted by Crippen LogP contribution is 2.07. The van der Waals surface area contributed by atoms with Crippen LogP contribution < -0.4 is 0 Å². The summed E-state index contributed by atoms with van der Waals surface area (Å²) in [4.78, 5) is 10.4. The minimum absolute atomic E-state index is 0.314. The number of carboxylic acids is 1. The number of hydrogen-bond acceptors (Lipinski definition) is 1. The zero-order chi connectivity index (χ0) is 19.1. The summed E-state index contributed by atoms with van der Waals surface area (Å²) in [6.07, 6.45) is 34.3. The molecule has 0 aromatic heterocycles. The Labute approximate surface area is 161 Å². The molecule has 0 rings (SSSR count). The van der Waals surface area contributed by atoms with Crippen LogP contribution in [0.2, 0.25) is 0 Å². The average molecular weight is 359 g/mol. The van der Waals surface area contributed by atoms with Crippen molar-refractivity contribution in [1.29, 1.82) is 0 Å². The molecule has 2 heteroatoms. The predicted octanol–water partition coefficient (Wildman–Crippen LogP) is 7.55. The van der Waals surface area contributed by atoms with E-state index >= 15 is 0 Å². The van der Waals surface area contributed by atoms with Gasteiger partial charge < -0.3 is 5.11 Å². The van der Waals surface area contributed by atoms with E-state index in [-0.39, 0.29) is 0 Å². The number of rotatable bonds is 17. The van der Waals surface area contributed by atoms with Crippen molar-refractivity contribution in [3.05, 3.63) is 60.8 Å². The van der Waals surface area contributed by atoms with Crippen molar-refractivity contribution in [2.75, 3.05) is 0 Å². The highest BCUT2D eigenvalue weighted by atomic mass is 16.4. The van der Waals surface area contributed by atoms with E-state index in [9.17, 15) is 4.79 Å². The lowest BCUT2D eigenvalue weighted by Gasteiger charge is -1.98. The van der Waals surface area contributed by atoms with E-state index in [0.29, 0.717) is 6.42 Å². The molecule has 0 radical (unpaired) electrons. The normalized spacial score (nSPS) is 12.7. The lowest BCUT2D eigenvalue weighted by Crippen LogP contribution is -1.93. The summed E-state index contributed by atoms with van der Waals surface area (Å²) in [6, 6.07) is 0. The van der Waals surface area contributed by atoms with Crippen molar-refractivity contribution < 1.29 is 9.90 Å². The van der Waals surface area contributed by atoms with Crippen LogP contribution in [0.3, 0.4) is 0 Å². The van der Waals surface area contributed by atoms with Crippen molar-refractivity contribution in [2.24, 2.45) is 0 Å². The first kappa shape index (κ1) is 24.2. The van der Waals surface area contributed by atoms with Gasteiger partial charge in [-0.05, 0) is 51.4 Å². The fourth-order valence-electron chi connectivity index (χ4n) is 2.44. The molecule has 0 bridgehead atoms. The Balaban J connectivity index is 3.38. The first-order valence-electron chi connectivity index (χ1n) is 10.2. The van der Waals surface area contributed by atoms with Crippen LogP contribution >= 0.6 is 0 Å². The quantitative estimate of drug-likeness (QED) is 0.215. The number of carboxylic acid groups (broad SMARTS) is 1. The van der Waals surface area contributed by atoms with Crippen molar-refractivity contribution >= 4 is 5.97 Å². The largest absolute Gasteiger partial charge is 0.481 e. The van der Waals surface area contributed by atoms with E-state index in [1.165, 1.54) is 12.8 Å². The number of aliphatic carboxylic acids is 1. The Morgan fingerprint density at radius 1 is 0.615 bits per heavy atom. The maximum atomic E-state index is 10.4. The summed E-state index contributed by atoms with van der Waals surface area (Å²) in [7, 11) is 0. The minimum Gasteiger partial charge on any atom is -0.481 e. The van der Waals surface area contributed by atoms with E-state index in [2.05, 4.69) is 67.7 Å². The maximum absolute atomic E-state index is 10.4. The SMILES string of the molecule is CCC=CCC=CCC=CCC=CC/C=C\CCCCCCCC(=O)O. The second-order valence-corrected chi connectivity index (χ2v) is 6.41. The molecule has 0 fully saturated rings. The Hall–Kier alpha value is -1.83.